The van der Waals surface area contributed by atoms with Crippen molar-refractivity contribution in [3.05, 3.63) is 6.20 Å². The summed E-state index contributed by atoms with van der Waals surface area (Å²) in [6.45, 7) is 0.918. The number of carbonyl (C=O) groups is 4. The largest absolute Gasteiger partial charge is 0.377 e. The summed E-state index contributed by atoms with van der Waals surface area (Å²) in [7, 11) is -4.61. The fraction of sp³-hybridized carbons (Fsp3) is 0.500. The fourth-order valence-corrected chi connectivity index (χ4v) is 2.26. The van der Waals surface area contributed by atoms with Gasteiger partial charge in [0, 0.05) is 12.8 Å². The second-order valence-corrected chi connectivity index (χ2v) is 6.82. The normalized spacial score (nSPS) is 12.4. The summed E-state index contributed by atoms with van der Waals surface area (Å²) >= 11 is 0. The Kier molecular flexibility index (Phi) is 7.09. The SMILES string of the molecule is CC(=O)CC(=O)N[C@@H](Cn1cc(P(=O)(O)O)nn1)C(=O)CCC(N)=O. The third-order valence-corrected chi connectivity index (χ3v) is 3.75. The van der Waals surface area contributed by atoms with Gasteiger partial charge < -0.3 is 20.8 Å². The highest BCUT2D eigenvalue weighted by Gasteiger charge is 2.25. The van der Waals surface area contributed by atoms with Crippen LogP contribution in [0.15, 0.2) is 6.20 Å². The molecule has 25 heavy (non-hydrogen) atoms. The first-order valence-electron chi connectivity index (χ1n) is 7.05. The molecule has 0 bridgehead atoms. The maximum atomic E-state index is 12.2. The van der Waals surface area contributed by atoms with Gasteiger partial charge in [-0.3, -0.25) is 23.7 Å². The van der Waals surface area contributed by atoms with Crippen LogP contribution in [0.5, 0.6) is 0 Å². The molecule has 12 nitrogen and oxygen atoms in total. The lowest BCUT2D eigenvalue weighted by molar-refractivity contribution is -0.131. The van der Waals surface area contributed by atoms with E-state index in [1.807, 2.05) is 0 Å². The number of carbonyl (C=O) groups excluding carboxylic acids is 4. The lowest BCUT2D eigenvalue weighted by Gasteiger charge is -2.17. The van der Waals surface area contributed by atoms with E-state index >= 15 is 0 Å². The molecular formula is C12H18N5O7P. The Labute approximate surface area is 141 Å². The van der Waals surface area contributed by atoms with Gasteiger partial charge in [0.25, 0.3) is 0 Å². The van der Waals surface area contributed by atoms with Gasteiger partial charge in [0.2, 0.25) is 11.8 Å². The van der Waals surface area contributed by atoms with Crippen molar-refractivity contribution in [3.63, 3.8) is 0 Å². The summed E-state index contributed by atoms with van der Waals surface area (Å²) in [5.41, 5.74) is 4.38. The predicted octanol–water partition coefficient (Wildman–Crippen LogP) is -2.62. The first-order chi connectivity index (χ1) is 11.5. The number of ketones is 2. The van der Waals surface area contributed by atoms with E-state index in [4.69, 9.17) is 15.5 Å². The molecule has 0 saturated carbocycles. The number of Topliss-reactive ketones (excluding diaryl/α,β-unsaturated/α-hetero) is 2. The second-order valence-electron chi connectivity index (χ2n) is 5.27. The molecule has 0 aliphatic heterocycles. The van der Waals surface area contributed by atoms with Gasteiger partial charge in [-0.1, -0.05) is 5.21 Å². The van der Waals surface area contributed by atoms with Crippen molar-refractivity contribution >= 4 is 36.4 Å². The molecule has 0 unspecified atom stereocenters. The van der Waals surface area contributed by atoms with E-state index in [1.165, 1.54) is 6.92 Å². The minimum Gasteiger partial charge on any atom is -0.370 e. The van der Waals surface area contributed by atoms with E-state index in [0.717, 1.165) is 10.9 Å². The monoisotopic (exact) mass is 375 g/mol. The van der Waals surface area contributed by atoms with Crippen molar-refractivity contribution in [2.24, 2.45) is 5.73 Å². The van der Waals surface area contributed by atoms with Crippen LogP contribution in [-0.4, -0.2) is 54.2 Å². The average molecular weight is 375 g/mol. The van der Waals surface area contributed by atoms with E-state index in [2.05, 4.69) is 15.6 Å². The van der Waals surface area contributed by atoms with Crippen molar-refractivity contribution in [1.29, 1.82) is 0 Å². The summed E-state index contributed by atoms with van der Waals surface area (Å²) in [5.74, 6) is -2.37. The Morgan fingerprint density at radius 1 is 1.32 bits per heavy atom. The van der Waals surface area contributed by atoms with Gasteiger partial charge in [-0.15, -0.1) is 5.10 Å². The average Bonchev–Trinajstić information content (AvgIpc) is 2.91. The van der Waals surface area contributed by atoms with Gasteiger partial charge in [0.15, 0.2) is 11.2 Å². The van der Waals surface area contributed by atoms with Gasteiger partial charge in [0.05, 0.1) is 19.2 Å². The molecule has 2 amide bonds. The first kappa shape index (κ1) is 20.6. The predicted molar refractivity (Wildman–Crippen MR) is 82.4 cm³/mol. The molecule has 13 heteroatoms. The zero-order valence-corrected chi connectivity index (χ0v) is 14.2. The number of rotatable bonds is 10. The Morgan fingerprint density at radius 2 is 1.96 bits per heavy atom. The molecular weight excluding hydrogens is 357 g/mol. The van der Waals surface area contributed by atoms with Crippen molar-refractivity contribution in [2.45, 2.75) is 38.8 Å². The fourth-order valence-electron chi connectivity index (χ4n) is 1.82. The highest BCUT2D eigenvalue weighted by Crippen LogP contribution is 2.31. The number of nitrogens with one attached hydrogen (secondary N) is 1. The molecule has 138 valence electrons. The van der Waals surface area contributed by atoms with Crippen LogP contribution >= 0.6 is 7.60 Å². The van der Waals surface area contributed by atoms with Crippen LogP contribution in [0.3, 0.4) is 0 Å². The van der Waals surface area contributed by atoms with Crippen molar-refractivity contribution in [2.75, 3.05) is 0 Å². The van der Waals surface area contributed by atoms with Gasteiger partial charge in [-0.25, -0.2) is 4.68 Å². The van der Waals surface area contributed by atoms with Crippen molar-refractivity contribution < 1.29 is 33.5 Å². The molecule has 0 saturated heterocycles. The summed E-state index contributed by atoms with van der Waals surface area (Å²) in [5, 5.41) is 9.10. The van der Waals surface area contributed by atoms with Crippen LogP contribution in [0.1, 0.15) is 26.2 Å². The minimum absolute atomic E-state index is 0.233. The summed E-state index contributed by atoms with van der Waals surface area (Å²) in [6, 6.07) is -1.17. The molecule has 0 fully saturated rings. The van der Waals surface area contributed by atoms with Gasteiger partial charge in [-0.05, 0) is 6.92 Å². The van der Waals surface area contributed by atoms with E-state index in [-0.39, 0.29) is 19.4 Å². The first-order valence-corrected chi connectivity index (χ1v) is 8.66. The maximum Gasteiger partial charge on any atom is 0.377 e. The third kappa shape index (κ3) is 7.33. The molecule has 1 atom stereocenters. The van der Waals surface area contributed by atoms with E-state index < -0.39 is 48.9 Å². The van der Waals surface area contributed by atoms with E-state index in [1.54, 1.807) is 0 Å². The highest BCUT2D eigenvalue weighted by molar-refractivity contribution is 7.59. The number of hydrogen-bond donors (Lipinski definition) is 4. The van der Waals surface area contributed by atoms with Crippen molar-refractivity contribution in [3.8, 4) is 0 Å². The molecule has 1 aromatic heterocycles. The molecule has 0 aliphatic rings. The number of aromatic nitrogens is 3. The lowest BCUT2D eigenvalue weighted by Crippen LogP contribution is -2.44. The van der Waals surface area contributed by atoms with Crippen molar-refractivity contribution in [1.82, 2.24) is 20.3 Å². The van der Waals surface area contributed by atoms with Gasteiger partial charge in [0.1, 0.15) is 11.8 Å². The Hall–Kier alpha value is -2.43. The Morgan fingerprint density at radius 3 is 2.44 bits per heavy atom. The number of nitrogens with two attached hydrogens (primary N) is 1. The van der Waals surface area contributed by atoms with E-state index in [9.17, 15) is 23.7 Å². The van der Waals surface area contributed by atoms with Crippen LogP contribution in [-0.2, 0) is 30.3 Å². The number of hydrogen-bond acceptors (Lipinski definition) is 7. The quantitative estimate of drug-likeness (QED) is 0.250. The number of nitrogens with zero attached hydrogens (tertiary/aromatic N) is 3. The smallest absolute Gasteiger partial charge is 0.370 e. The molecule has 5 N–H and O–H groups in total. The van der Waals surface area contributed by atoms with Crippen LogP contribution in [0.4, 0.5) is 0 Å². The summed E-state index contributed by atoms with van der Waals surface area (Å²) in [4.78, 5) is 63.6. The molecule has 1 heterocycles. The summed E-state index contributed by atoms with van der Waals surface area (Å²) < 4.78 is 12.1. The zero-order valence-electron chi connectivity index (χ0n) is 13.3. The summed E-state index contributed by atoms with van der Waals surface area (Å²) in [6.07, 6.45) is 0.0142. The van der Waals surface area contributed by atoms with Crippen LogP contribution in [0, 0.1) is 0 Å². The number of amides is 2. The van der Waals surface area contributed by atoms with Gasteiger partial charge in [-0.2, -0.15) is 0 Å². The number of primary amides is 1. The zero-order chi connectivity index (χ0) is 19.2. The Balaban J connectivity index is 2.89. The van der Waals surface area contributed by atoms with Crippen LogP contribution in [0.25, 0.3) is 0 Å². The van der Waals surface area contributed by atoms with Crippen LogP contribution < -0.4 is 16.5 Å². The standard InChI is InChI=1S/C12H18N5O7P/c1-7(18)4-11(21)14-8(9(19)2-3-10(13)20)5-17-6-12(15-16-17)25(22,23)24/h6,8H,2-5H2,1H3,(H2,13,20)(H,14,21)(H2,22,23,24)/t8-/m0/s1. The second kappa shape index (κ2) is 8.60. The molecule has 0 spiro atoms. The highest BCUT2D eigenvalue weighted by atomic mass is 31.2. The van der Waals surface area contributed by atoms with Crippen LogP contribution in [0.2, 0.25) is 0 Å². The maximum absolute atomic E-state index is 12.2. The van der Waals surface area contributed by atoms with Gasteiger partial charge >= 0.3 is 7.60 Å². The lowest BCUT2D eigenvalue weighted by atomic mass is 10.1. The molecule has 1 rings (SSSR count). The van der Waals surface area contributed by atoms with E-state index in [0.29, 0.717) is 0 Å². The molecule has 0 aliphatic carbocycles. The molecule has 0 aromatic carbocycles. The Bertz CT molecular complexity index is 725. The molecule has 0 radical (unpaired) electrons. The minimum atomic E-state index is -4.61. The molecule has 1 aromatic rings. The topological polar surface area (TPSA) is 195 Å². The third-order valence-electron chi connectivity index (χ3n) is 2.95.